The van der Waals surface area contributed by atoms with E-state index in [9.17, 15) is 9.11 Å². The zero-order valence-electron chi connectivity index (χ0n) is 23.1. The topological polar surface area (TPSA) is 40.5 Å². The van der Waals surface area contributed by atoms with Gasteiger partial charge in [-0.1, -0.05) is 85.2 Å². The van der Waals surface area contributed by atoms with Crippen molar-refractivity contribution in [2.24, 2.45) is 17.8 Å². The molecule has 0 heterocycles. The van der Waals surface area contributed by atoms with E-state index in [0.29, 0.717) is 15.7 Å². The third kappa shape index (κ3) is 4.68. The summed E-state index contributed by atoms with van der Waals surface area (Å²) in [4.78, 5) is 1.35. The smallest absolute Gasteiger partial charge is 0.0715 e. The highest BCUT2D eigenvalue weighted by atomic mass is 32.3. The first-order valence-corrected chi connectivity index (χ1v) is 16.2. The van der Waals surface area contributed by atoms with Gasteiger partial charge in [-0.3, -0.25) is 9.11 Å². The predicted octanol–water partition coefficient (Wildman–Crippen LogP) is 10.6. The van der Waals surface area contributed by atoms with Gasteiger partial charge in [0.1, 0.15) is 0 Å². The maximum absolute atomic E-state index is 12.1. The number of allylic oxidation sites excluding steroid dienone is 3. The van der Waals surface area contributed by atoms with Gasteiger partial charge in [-0.25, -0.2) is 0 Å². The molecule has 3 aliphatic carbocycles. The molecular formula is C35H42O2S. The Hall–Kier alpha value is -2.33. The summed E-state index contributed by atoms with van der Waals surface area (Å²) < 4.78 is 24.3. The van der Waals surface area contributed by atoms with Crippen molar-refractivity contribution in [2.45, 2.75) is 83.0 Å². The van der Waals surface area contributed by atoms with Crippen molar-refractivity contribution in [3.8, 4) is 0 Å². The molecule has 200 valence electrons. The molecule has 0 saturated heterocycles. The first-order chi connectivity index (χ1) is 18.4. The lowest BCUT2D eigenvalue weighted by atomic mass is 9.80. The molecule has 0 amide bonds. The second kappa shape index (κ2) is 10.3. The summed E-state index contributed by atoms with van der Waals surface area (Å²) in [7, 11) is -3.23. The van der Waals surface area contributed by atoms with Gasteiger partial charge in [0.05, 0.1) is 9.80 Å². The summed E-state index contributed by atoms with van der Waals surface area (Å²) in [5.41, 5.74) is 6.64. The van der Waals surface area contributed by atoms with Gasteiger partial charge in [-0.2, -0.15) is 0 Å². The van der Waals surface area contributed by atoms with Gasteiger partial charge in [0.2, 0.25) is 0 Å². The van der Waals surface area contributed by atoms with Crippen LogP contribution >= 0.6 is 10.6 Å². The Bertz CT molecular complexity index is 1410. The minimum atomic E-state index is -3.23. The predicted molar refractivity (Wildman–Crippen MR) is 163 cm³/mol. The summed E-state index contributed by atoms with van der Waals surface area (Å²) in [6.07, 6.45) is 11.5. The average Bonchev–Trinajstić information content (AvgIpc) is 3.71. The van der Waals surface area contributed by atoms with E-state index in [1.165, 1.54) is 54.4 Å². The third-order valence-electron chi connectivity index (χ3n) is 9.93. The summed E-state index contributed by atoms with van der Waals surface area (Å²) >= 11 is 0. The zero-order chi connectivity index (χ0) is 26.4. The number of hydrogen-bond donors (Lipinski definition) is 2. The molecule has 2 N–H and O–H groups in total. The Morgan fingerprint density at radius 1 is 0.842 bits per heavy atom. The lowest BCUT2D eigenvalue weighted by Crippen LogP contribution is -2.12. The van der Waals surface area contributed by atoms with Gasteiger partial charge in [-0.05, 0) is 105 Å². The Balaban J connectivity index is 1.50. The quantitative estimate of drug-likeness (QED) is 0.332. The van der Waals surface area contributed by atoms with Crippen LogP contribution in [-0.2, 0) is 6.42 Å². The molecule has 2 fully saturated rings. The molecule has 0 aromatic heterocycles. The summed E-state index contributed by atoms with van der Waals surface area (Å²) in [5, 5.41) is 1.96. The van der Waals surface area contributed by atoms with Crippen LogP contribution in [-0.4, -0.2) is 9.11 Å². The Morgan fingerprint density at radius 2 is 1.63 bits per heavy atom. The van der Waals surface area contributed by atoms with Gasteiger partial charge in [-0.15, -0.1) is 10.6 Å². The van der Waals surface area contributed by atoms with Crippen LogP contribution < -0.4 is 0 Å². The van der Waals surface area contributed by atoms with Crippen molar-refractivity contribution in [1.82, 2.24) is 0 Å². The Labute approximate surface area is 230 Å². The van der Waals surface area contributed by atoms with E-state index in [2.05, 4.69) is 57.2 Å². The first kappa shape index (κ1) is 25.9. The van der Waals surface area contributed by atoms with Crippen LogP contribution in [0.1, 0.15) is 88.3 Å². The highest BCUT2D eigenvalue weighted by molar-refractivity contribution is 8.32. The second-order valence-electron chi connectivity index (χ2n) is 12.1. The monoisotopic (exact) mass is 526 g/mol. The fraction of sp³-hybridized carbons (Fsp3) is 0.429. The second-order valence-corrected chi connectivity index (χ2v) is 14.0. The van der Waals surface area contributed by atoms with Gasteiger partial charge in [0.25, 0.3) is 0 Å². The molecule has 3 aromatic rings. The van der Waals surface area contributed by atoms with E-state index in [1.54, 1.807) is 0 Å². The molecule has 0 aliphatic heterocycles. The van der Waals surface area contributed by atoms with E-state index in [4.69, 9.17) is 0 Å². The average molecular weight is 527 g/mol. The summed E-state index contributed by atoms with van der Waals surface area (Å²) in [6.45, 7) is 6.83. The van der Waals surface area contributed by atoms with Crippen LogP contribution in [0.2, 0.25) is 0 Å². The van der Waals surface area contributed by atoms with Crippen LogP contribution in [0.5, 0.6) is 0 Å². The first-order valence-electron chi connectivity index (χ1n) is 14.6. The third-order valence-corrected chi connectivity index (χ3v) is 11.9. The molecule has 0 spiro atoms. The molecule has 6 rings (SSSR count). The van der Waals surface area contributed by atoms with Crippen LogP contribution in [0.4, 0.5) is 0 Å². The summed E-state index contributed by atoms with van der Waals surface area (Å²) in [6, 6.07) is 20.7. The van der Waals surface area contributed by atoms with Crippen molar-refractivity contribution >= 4 is 26.3 Å². The molecule has 38 heavy (non-hydrogen) atoms. The molecule has 4 unspecified atom stereocenters. The van der Waals surface area contributed by atoms with Gasteiger partial charge >= 0.3 is 0 Å². The molecule has 2 saturated carbocycles. The zero-order valence-corrected chi connectivity index (χ0v) is 23.9. The van der Waals surface area contributed by atoms with Crippen LogP contribution in [0.3, 0.4) is 0 Å². The minimum absolute atomic E-state index is 0.564. The SMILES string of the molecule is CCC1CC(c2cccc3c2CCC(C)=C(C)CC=C3S(O)(O)c2cccc3ccccc23)CCC2CC12. The van der Waals surface area contributed by atoms with E-state index in [-0.39, 0.29) is 0 Å². The maximum Gasteiger partial charge on any atom is 0.0715 e. The normalized spacial score (nSPS) is 26.4. The lowest BCUT2D eigenvalue weighted by molar-refractivity contribution is 0.384. The van der Waals surface area contributed by atoms with Crippen molar-refractivity contribution < 1.29 is 9.11 Å². The van der Waals surface area contributed by atoms with Crippen molar-refractivity contribution in [2.75, 3.05) is 0 Å². The number of fused-ring (bicyclic) bond motifs is 3. The standard InChI is InChI=1S/C35H42O2S/c1-4-25-21-27(17-18-28-22-33(25)28)29-12-8-13-32-31(29)19-15-23(2)24(3)16-20-35(32)38(36,37)34-14-7-10-26-9-5-6-11-30(26)34/h5-14,20,25,27-28,33,36-37H,4,15-19,21-22H2,1-3H3. The van der Waals surface area contributed by atoms with Gasteiger partial charge < -0.3 is 0 Å². The highest BCUT2D eigenvalue weighted by Crippen LogP contribution is 2.63. The van der Waals surface area contributed by atoms with Crippen LogP contribution in [0.25, 0.3) is 15.7 Å². The van der Waals surface area contributed by atoms with Crippen molar-refractivity contribution in [1.29, 1.82) is 0 Å². The molecular weight excluding hydrogens is 484 g/mol. The highest BCUT2D eigenvalue weighted by Gasteiger charge is 2.45. The largest absolute Gasteiger partial charge is 0.290 e. The van der Waals surface area contributed by atoms with Crippen LogP contribution in [0.15, 0.2) is 82.8 Å². The maximum atomic E-state index is 12.1. The lowest BCUT2D eigenvalue weighted by Gasteiger charge is -2.37. The molecule has 4 atom stereocenters. The number of benzene rings is 3. The van der Waals surface area contributed by atoms with E-state index >= 15 is 0 Å². The Morgan fingerprint density at radius 3 is 2.47 bits per heavy atom. The van der Waals surface area contributed by atoms with Gasteiger partial charge in [0.15, 0.2) is 0 Å². The number of hydrogen-bond acceptors (Lipinski definition) is 2. The van der Waals surface area contributed by atoms with E-state index in [1.807, 2.05) is 30.3 Å². The van der Waals surface area contributed by atoms with E-state index in [0.717, 1.165) is 53.4 Å². The molecule has 3 aliphatic rings. The van der Waals surface area contributed by atoms with Crippen molar-refractivity contribution in [3.63, 3.8) is 0 Å². The van der Waals surface area contributed by atoms with Crippen LogP contribution in [0, 0.1) is 17.8 Å². The fourth-order valence-electron chi connectivity index (χ4n) is 7.39. The Kier molecular flexibility index (Phi) is 7.05. The molecule has 3 aromatic carbocycles. The number of rotatable bonds is 4. The van der Waals surface area contributed by atoms with Crippen molar-refractivity contribution in [3.05, 3.63) is 94.6 Å². The van der Waals surface area contributed by atoms with Gasteiger partial charge in [0, 0.05) is 10.9 Å². The minimum Gasteiger partial charge on any atom is -0.290 e. The molecule has 0 radical (unpaired) electrons. The fourth-order valence-corrected chi connectivity index (χ4v) is 9.20. The van der Waals surface area contributed by atoms with E-state index < -0.39 is 10.6 Å². The molecule has 0 bridgehead atoms. The molecule has 2 nitrogen and oxygen atoms in total. The molecule has 3 heteroatoms. The summed E-state index contributed by atoms with van der Waals surface area (Å²) in [5.74, 6) is 3.28.